The lowest BCUT2D eigenvalue weighted by Crippen LogP contribution is -2.19. The number of methoxy groups -OCH3 is 2. The second kappa shape index (κ2) is 9.43. The molecule has 0 atom stereocenters. The molecule has 1 amide bonds. The molecule has 1 heterocycles. The monoisotopic (exact) mass is 409 g/mol. The first-order valence-electron chi connectivity index (χ1n) is 9.05. The smallest absolute Gasteiger partial charge is 0.250 e. The minimum absolute atomic E-state index is 0.191. The summed E-state index contributed by atoms with van der Waals surface area (Å²) in [7, 11) is 3.17. The van der Waals surface area contributed by atoms with E-state index in [2.05, 4.69) is 21.6 Å². The SMILES string of the molecule is COc1ccc(OC)c(C=NNC(=O)CSc2cc(C)nc3ccc(C)cc23)c1. The molecule has 0 aliphatic heterocycles. The van der Waals surface area contributed by atoms with Crippen LogP contribution in [0.4, 0.5) is 0 Å². The molecule has 3 aromatic rings. The summed E-state index contributed by atoms with van der Waals surface area (Å²) in [5, 5.41) is 5.10. The van der Waals surface area contributed by atoms with Gasteiger partial charge in [0, 0.05) is 21.5 Å². The molecule has 0 saturated carbocycles. The number of amides is 1. The van der Waals surface area contributed by atoms with Crippen molar-refractivity contribution in [3.05, 3.63) is 59.3 Å². The summed E-state index contributed by atoms with van der Waals surface area (Å²) in [6.07, 6.45) is 1.54. The molecule has 29 heavy (non-hydrogen) atoms. The standard InChI is InChI=1S/C22H23N3O3S/c1-14-5-7-19-18(9-14)21(10-15(2)24-19)29-13-22(26)25-23-12-16-11-17(27-3)6-8-20(16)28-4/h5-12H,13H2,1-4H3,(H,25,26). The summed E-state index contributed by atoms with van der Waals surface area (Å²) in [5.74, 6) is 1.39. The predicted molar refractivity (Wildman–Crippen MR) is 117 cm³/mol. The third kappa shape index (κ3) is 5.26. The van der Waals surface area contributed by atoms with Gasteiger partial charge in [0.25, 0.3) is 0 Å². The summed E-state index contributed by atoms with van der Waals surface area (Å²) in [6, 6.07) is 13.5. The fourth-order valence-electron chi connectivity index (χ4n) is 2.84. The number of rotatable bonds is 7. The van der Waals surface area contributed by atoms with E-state index < -0.39 is 0 Å². The zero-order valence-electron chi connectivity index (χ0n) is 16.9. The van der Waals surface area contributed by atoms with E-state index in [9.17, 15) is 4.79 Å². The number of fused-ring (bicyclic) bond motifs is 1. The number of nitrogens with one attached hydrogen (secondary N) is 1. The minimum Gasteiger partial charge on any atom is -0.497 e. The van der Waals surface area contributed by atoms with Crippen LogP contribution in [0.3, 0.4) is 0 Å². The van der Waals surface area contributed by atoms with E-state index in [-0.39, 0.29) is 11.7 Å². The van der Waals surface area contributed by atoms with Crippen LogP contribution in [0.15, 0.2) is 52.5 Å². The molecule has 0 aliphatic rings. The molecule has 0 fully saturated rings. The zero-order valence-corrected chi connectivity index (χ0v) is 17.7. The van der Waals surface area contributed by atoms with Gasteiger partial charge in [0.2, 0.25) is 5.91 Å². The Morgan fingerprint density at radius 2 is 1.97 bits per heavy atom. The molecule has 0 spiro atoms. The normalized spacial score (nSPS) is 11.0. The van der Waals surface area contributed by atoms with E-state index in [0.717, 1.165) is 27.1 Å². The Morgan fingerprint density at radius 3 is 2.72 bits per heavy atom. The lowest BCUT2D eigenvalue weighted by atomic mass is 10.1. The quantitative estimate of drug-likeness (QED) is 0.361. The van der Waals surface area contributed by atoms with Crippen molar-refractivity contribution in [1.29, 1.82) is 0 Å². The predicted octanol–water partition coefficient (Wildman–Crippen LogP) is 4.11. The van der Waals surface area contributed by atoms with Crippen molar-refractivity contribution in [2.75, 3.05) is 20.0 Å². The molecule has 150 valence electrons. The van der Waals surface area contributed by atoms with Gasteiger partial charge in [-0.3, -0.25) is 9.78 Å². The summed E-state index contributed by atoms with van der Waals surface area (Å²) in [6.45, 7) is 4.00. The number of hydrogen-bond acceptors (Lipinski definition) is 6. The van der Waals surface area contributed by atoms with Crippen LogP contribution in [0.1, 0.15) is 16.8 Å². The molecule has 2 aromatic carbocycles. The van der Waals surface area contributed by atoms with Gasteiger partial charge in [0.1, 0.15) is 11.5 Å². The maximum atomic E-state index is 12.3. The van der Waals surface area contributed by atoms with Gasteiger partial charge in [0.15, 0.2) is 0 Å². The first-order valence-corrected chi connectivity index (χ1v) is 10.0. The van der Waals surface area contributed by atoms with Crippen LogP contribution < -0.4 is 14.9 Å². The molecule has 0 bridgehead atoms. The van der Waals surface area contributed by atoms with Crippen molar-refractivity contribution in [1.82, 2.24) is 10.4 Å². The van der Waals surface area contributed by atoms with Gasteiger partial charge in [-0.2, -0.15) is 5.10 Å². The van der Waals surface area contributed by atoms with Crippen LogP contribution in [-0.4, -0.2) is 37.1 Å². The highest BCUT2D eigenvalue weighted by atomic mass is 32.2. The van der Waals surface area contributed by atoms with Gasteiger partial charge in [-0.05, 0) is 50.2 Å². The van der Waals surface area contributed by atoms with Gasteiger partial charge >= 0.3 is 0 Å². The van der Waals surface area contributed by atoms with Gasteiger partial charge in [-0.25, -0.2) is 5.43 Å². The summed E-state index contributed by atoms with van der Waals surface area (Å²) in [5.41, 5.74) is 6.29. The number of ether oxygens (including phenoxy) is 2. The second-order valence-corrected chi connectivity index (χ2v) is 7.49. The Labute approximate surface area is 174 Å². The third-order valence-corrected chi connectivity index (χ3v) is 5.30. The molecule has 1 N–H and O–H groups in total. The minimum atomic E-state index is -0.191. The van der Waals surface area contributed by atoms with Crippen LogP contribution in [0.5, 0.6) is 11.5 Å². The van der Waals surface area contributed by atoms with Crippen molar-refractivity contribution in [2.45, 2.75) is 18.7 Å². The van der Waals surface area contributed by atoms with E-state index in [4.69, 9.17) is 9.47 Å². The maximum Gasteiger partial charge on any atom is 0.250 e. The zero-order chi connectivity index (χ0) is 20.8. The molecular formula is C22H23N3O3S. The molecule has 0 unspecified atom stereocenters. The summed E-state index contributed by atoms with van der Waals surface area (Å²) >= 11 is 1.47. The van der Waals surface area contributed by atoms with Crippen molar-refractivity contribution >= 4 is 34.8 Å². The van der Waals surface area contributed by atoms with Crippen LogP contribution in [0.25, 0.3) is 10.9 Å². The van der Waals surface area contributed by atoms with E-state index in [1.165, 1.54) is 11.8 Å². The van der Waals surface area contributed by atoms with Crippen LogP contribution in [-0.2, 0) is 4.79 Å². The number of aromatic nitrogens is 1. The highest BCUT2D eigenvalue weighted by molar-refractivity contribution is 8.00. The molecule has 3 rings (SSSR count). The van der Waals surface area contributed by atoms with Crippen molar-refractivity contribution in [2.24, 2.45) is 5.10 Å². The average Bonchev–Trinajstić information content (AvgIpc) is 2.72. The van der Waals surface area contributed by atoms with E-state index in [1.54, 1.807) is 38.6 Å². The molecule has 0 aliphatic carbocycles. The third-order valence-electron chi connectivity index (χ3n) is 4.24. The average molecular weight is 410 g/mol. The van der Waals surface area contributed by atoms with Crippen LogP contribution >= 0.6 is 11.8 Å². The number of benzene rings is 2. The molecule has 0 saturated heterocycles. The van der Waals surface area contributed by atoms with E-state index in [0.29, 0.717) is 17.1 Å². The van der Waals surface area contributed by atoms with Crippen LogP contribution in [0, 0.1) is 13.8 Å². The summed E-state index contributed by atoms with van der Waals surface area (Å²) in [4.78, 5) is 17.8. The Morgan fingerprint density at radius 1 is 1.14 bits per heavy atom. The number of hydrazone groups is 1. The van der Waals surface area contributed by atoms with E-state index >= 15 is 0 Å². The number of thioether (sulfide) groups is 1. The van der Waals surface area contributed by atoms with Crippen molar-refractivity contribution in [3.8, 4) is 11.5 Å². The fourth-order valence-corrected chi connectivity index (χ4v) is 3.77. The van der Waals surface area contributed by atoms with Crippen molar-refractivity contribution < 1.29 is 14.3 Å². The Hall–Kier alpha value is -3.06. The Bertz CT molecular complexity index is 1070. The second-order valence-electron chi connectivity index (χ2n) is 6.47. The number of carbonyl (C=O) groups excluding carboxylic acids is 1. The topological polar surface area (TPSA) is 72.8 Å². The highest BCUT2D eigenvalue weighted by Crippen LogP contribution is 2.28. The maximum absolute atomic E-state index is 12.3. The number of aryl methyl sites for hydroxylation is 2. The Kier molecular flexibility index (Phi) is 6.72. The first-order chi connectivity index (χ1) is 14.0. The lowest BCUT2D eigenvalue weighted by molar-refractivity contribution is -0.118. The number of carbonyl (C=O) groups is 1. The molecule has 6 nitrogen and oxygen atoms in total. The lowest BCUT2D eigenvalue weighted by Gasteiger charge is -2.08. The first kappa shape index (κ1) is 20.7. The largest absolute Gasteiger partial charge is 0.497 e. The molecule has 0 radical (unpaired) electrons. The van der Waals surface area contributed by atoms with Crippen molar-refractivity contribution in [3.63, 3.8) is 0 Å². The number of nitrogens with zero attached hydrogens (tertiary/aromatic N) is 2. The van der Waals surface area contributed by atoms with E-state index in [1.807, 2.05) is 32.0 Å². The molecule has 1 aromatic heterocycles. The fraction of sp³-hybridized carbons (Fsp3) is 0.227. The molecule has 7 heteroatoms. The Balaban J connectivity index is 1.66. The highest BCUT2D eigenvalue weighted by Gasteiger charge is 2.08. The van der Waals surface area contributed by atoms with Crippen LogP contribution in [0.2, 0.25) is 0 Å². The number of pyridine rings is 1. The van der Waals surface area contributed by atoms with Gasteiger partial charge in [-0.15, -0.1) is 11.8 Å². The van der Waals surface area contributed by atoms with Gasteiger partial charge in [0.05, 0.1) is 31.7 Å². The van der Waals surface area contributed by atoms with Gasteiger partial charge in [-0.1, -0.05) is 11.6 Å². The molecular weight excluding hydrogens is 386 g/mol. The van der Waals surface area contributed by atoms with Gasteiger partial charge < -0.3 is 9.47 Å². The summed E-state index contributed by atoms with van der Waals surface area (Å²) < 4.78 is 10.5. The number of hydrogen-bond donors (Lipinski definition) is 1.